The summed E-state index contributed by atoms with van der Waals surface area (Å²) in [5.41, 5.74) is 3.56. The van der Waals surface area contributed by atoms with Gasteiger partial charge in [0.2, 0.25) is 0 Å². The lowest BCUT2D eigenvalue weighted by molar-refractivity contribution is 0.0177. The fourth-order valence-electron chi connectivity index (χ4n) is 3.02. The minimum absolute atomic E-state index is 0.322. The highest BCUT2D eigenvalue weighted by Gasteiger charge is 2.23. The number of thiophene rings is 1. The molecule has 1 aromatic heterocycles. The molecule has 6 heteroatoms. The molecule has 1 saturated heterocycles. The topological polar surface area (TPSA) is 36.5 Å². The van der Waals surface area contributed by atoms with E-state index in [1.54, 1.807) is 11.3 Å². The van der Waals surface area contributed by atoms with Crippen molar-refractivity contribution >= 4 is 34.4 Å². The summed E-state index contributed by atoms with van der Waals surface area (Å²) in [6, 6.07) is 10.9. The molecule has 0 bridgehead atoms. The molecule has 0 amide bonds. The number of hydrogen-bond acceptors (Lipinski definition) is 4. The zero-order valence-corrected chi connectivity index (χ0v) is 16.4. The lowest BCUT2D eigenvalue weighted by atomic mass is 10.1. The van der Waals surface area contributed by atoms with E-state index in [4.69, 9.17) is 17.0 Å². The van der Waals surface area contributed by atoms with Crippen LogP contribution < -0.4 is 10.6 Å². The Balaban J connectivity index is 1.62. The molecule has 134 valence electrons. The molecule has 0 saturated carbocycles. The zero-order valence-electron chi connectivity index (χ0n) is 14.7. The number of benzene rings is 1. The molecule has 0 spiro atoms. The Labute approximate surface area is 159 Å². The van der Waals surface area contributed by atoms with Gasteiger partial charge in [-0.1, -0.05) is 18.2 Å². The number of aryl methyl sites for hydroxylation is 1. The van der Waals surface area contributed by atoms with Crippen LogP contribution in [0.2, 0.25) is 0 Å². The van der Waals surface area contributed by atoms with Crippen LogP contribution in [-0.2, 0) is 4.74 Å². The maximum Gasteiger partial charge on any atom is 0.170 e. The predicted molar refractivity (Wildman–Crippen MR) is 110 cm³/mol. The van der Waals surface area contributed by atoms with Gasteiger partial charge in [-0.3, -0.25) is 4.90 Å². The van der Waals surface area contributed by atoms with Crippen molar-refractivity contribution in [3.05, 3.63) is 51.7 Å². The first-order valence-corrected chi connectivity index (χ1v) is 9.90. The molecule has 2 heterocycles. The Morgan fingerprint density at radius 3 is 2.76 bits per heavy atom. The van der Waals surface area contributed by atoms with Crippen molar-refractivity contribution in [1.29, 1.82) is 0 Å². The molecule has 0 aliphatic carbocycles. The summed E-state index contributed by atoms with van der Waals surface area (Å²) in [7, 11) is 0. The van der Waals surface area contributed by atoms with Gasteiger partial charge in [0.15, 0.2) is 5.11 Å². The molecule has 0 radical (unpaired) electrons. The second-order valence-electron chi connectivity index (χ2n) is 6.26. The zero-order chi connectivity index (χ0) is 17.6. The van der Waals surface area contributed by atoms with Crippen LogP contribution >= 0.6 is 23.6 Å². The normalized spacial score (nSPS) is 16.4. The van der Waals surface area contributed by atoms with Crippen molar-refractivity contribution in [2.24, 2.45) is 0 Å². The first kappa shape index (κ1) is 18.3. The number of hydrogen-bond donors (Lipinski definition) is 2. The van der Waals surface area contributed by atoms with Crippen molar-refractivity contribution in [3.8, 4) is 0 Å². The van der Waals surface area contributed by atoms with Crippen molar-refractivity contribution < 1.29 is 4.74 Å². The molecule has 1 aliphatic heterocycles. The second-order valence-corrected chi connectivity index (χ2v) is 7.65. The van der Waals surface area contributed by atoms with Gasteiger partial charge in [0, 0.05) is 30.2 Å². The van der Waals surface area contributed by atoms with Crippen LogP contribution in [-0.4, -0.2) is 42.9 Å². The van der Waals surface area contributed by atoms with Gasteiger partial charge in [-0.25, -0.2) is 0 Å². The first-order chi connectivity index (χ1) is 12.1. The number of thiocarbonyl (C=S) groups is 1. The van der Waals surface area contributed by atoms with E-state index in [1.807, 2.05) is 0 Å². The molecule has 2 N–H and O–H groups in total. The van der Waals surface area contributed by atoms with Gasteiger partial charge >= 0.3 is 0 Å². The third-order valence-corrected chi connectivity index (χ3v) is 5.89. The summed E-state index contributed by atoms with van der Waals surface area (Å²) in [6.45, 7) is 8.53. The van der Waals surface area contributed by atoms with E-state index in [9.17, 15) is 0 Å². The van der Waals surface area contributed by atoms with E-state index in [0.717, 1.165) is 38.5 Å². The number of morpholine rings is 1. The van der Waals surface area contributed by atoms with Gasteiger partial charge in [0.1, 0.15) is 0 Å². The predicted octanol–water partition coefficient (Wildman–Crippen LogP) is 3.72. The Bertz CT molecular complexity index is 697. The summed E-state index contributed by atoms with van der Waals surface area (Å²) in [5, 5.41) is 9.55. The fraction of sp³-hybridized carbons (Fsp3) is 0.421. The van der Waals surface area contributed by atoms with Crippen LogP contribution in [0.25, 0.3) is 0 Å². The van der Waals surface area contributed by atoms with E-state index in [1.165, 1.54) is 16.0 Å². The standard InChI is InChI=1S/C19H25N3OS2/c1-14-5-3-6-16(15(14)2)21-19(24)20-13-17(18-7-4-12-25-18)22-8-10-23-11-9-22/h3-7,12,17H,8-11,13H2,1-2H3,(H2,20,21,24)/t17-/m0/s1. The quantitative estimate of drug-likeness (QED) is 0.779. The first-order valence-electron chi connectivity index (χ1n) is 8.61. The maximum absolute atomic E-state index is 5.53. The van der Waals surface area contributed by atoms with Gasteiger partial charge < -0.3 is 15.4 Å². The number of nitrogens with zero attached hydrogens (tertiary/aromatic N) is 1. The number of nitrogens with one attached hydrogen (secondary N) is 2. The highest BCUT2D eigenvalue weighted by molar-refractivity contribution is 7.80. The summed E-state index contributed by atoms with van der Waals surface area (Å²) < 4.78 is 5.50. The summed E-state index contributed by atoms with van der Waals surface area (Å²) >= 11 is 7.32. The van der Waals surface area contributed by atoms with Crippen LogP contribution in [0.5, 0.6) is 0 Å². The van der Waals surface area contributed by atoms with E-state index >= 15 is 0 Å². The van der Waals surface area contributed by atoms with Crippen LogP contribution in [0, 0.1) is 13.8 Å². The summed E-state index contributed by atoms with van der Waals surface area (Å²) in [6.07, 6.45) is 0. The molecule has 3 rings (SSSR count). The average molecular weight is 376 g/mol. The minimum Gasteiger partial charge on any atom is -0.379 e. The van der Waals surface area contributed by atoms with E-state index in [-0.39, 0.29) is 0 Å². The van der Waals surface area contributed by atoms with E-state index < -0.39 is 0 Å². The van der Waals surface area contributed by atoms with E-state index in [0.29, 0.717) is 11.2 Å². The van der Waals surface area contributed by atoms with Crippen molar-refractivity contribution in [3.63, 3.8) is 0 Å². The molecule has 1 aromatic carbocycles. The molecule has 25 heavy (non-hydrogen) atoms. The summed E-state index contributed by atoms with van der Waals surface area (Å²) in [4.78, 5) is 3.84. The third-order valence-electron chi connectivity index (χ3n) is 4.67. The number of anilines is 1. The smallest absolute Gasteiger partial charge is 0.170 e. The van der Waals surface area contributed by atoms with Crippen molar-refractivity contribution in [2.45, 2.75) is 19.9 Å². The lowest BCUT2D eigenvalue weighted by Crippen LogP contribution is -2.44. The Hall–Kier alpha value is -1.47. The third kappa shape index (κ3) is 4.79. The van der Waals surface area contributed by atoms with Gasteiger partial charge in [0.05, 0.1) is 19.3 Å². The molecule has 0 unspecified atom stereocenters. The second kappa shape index (κ2) is 8.76. The SMILES string of the molecule is Cc1cccc(NC(=S)NC[C@@H](c2cccs2)N2CCOCC2)c1C. The van der Waals surface area contributed by atoms with Gasteiger partial charge in [-0.2, -0.15) is 0 Å². The Morgan fingerprint density at radius 1 is 1.24 bits per heavy atom. The largest absolute Gasteiger partial charge is 0.379 e. The monoisotopic (exact) mass is 375 g/mol. The molecular formula is C19H25N3OS2. The van der Waals surface area contributed by atoms with Crippen LogP contribution in [0.4, 0.5) is 5.69 Å². The molecule has 1 fully saturated rings. The van der Waals surface area contributed by atoms with Crippen LogP contribution in [0.1, 0.15) is 22.0 Å². The fourth-order valence-corrected chi connectivity index (χ4v) is 4.08. The van der Waals surface area contributed by atoms with Crippen LogP contribution in [0.15, 0.2) is 35.7 Å². The van der Waals surface area contributed by atoms with Crippen molar-refractivity contribution in [2.75, 3.05) is 38.2 Å². The average Bonchev–Trinajstić information content (AvgIpc) is 3.14. The maximum atomic E-state index is 5.53. The van der Waals surface area contributed by atoms with E-state index in [2.05, 4.69) is 65.1 Å². The summed E-state index contributed by atoms with van der Waals surface area (Å²) in [5.74, 6) is 0. The number of ether oxygens (including phenoxy) is 1. The molecule has 1 atom stereocenters. The molecular weight excluding hydrogens is 350 g/mol. The Kier molecular flexibility index (Phi) is 6.42. The molecule has 2 aromatic rings. The lowest BCUT2D eigenvalue weighted by Gasteiger charge is -2.34. The van der Waals surface area contributed by atoms with Gasteiger partial charge in [-0.15, -0.1) is 11.3 Å². The Morgan fingerprint density at radius 2 is 2.04 bits per heavy atom. The highest BCUT2D eigenvalue weighted by Crippen LogP contribution is 2.25. The molecule has 1 aliphatic rings. The number of rotatable bonds is 5. The van der Waals surface area contributed by atoms with Crippen LogP contribution in [0.3, 0.4) is 0 Å². The van der Waals surface area contributed by atoms with Gasteiger partial charge in [0.25, 0.3) is 0 Å². The minimum atomic E-state index is 0.322. The molecule has 4 nitrogen and oxygen atoms in total. The van der Waals surface area contributed by atoms with Gasteiger partial charge in [-0.05, 0) is 54.7 Å². The van der Waals surface area contributed by atoms with Crippen molar-refractivity contribution in [1.82, 2.24) is 10.2 Å². The highest BCUT2D eigenvalue weighted by atomic mass is 32.1.